The van der Waals surface area contributed by atoms with Crippen molar-refractivity contribution in [2.45, 2.75) is 24.7 Å². The molecule has 0 amide bonds. The highest BCUT2D eigenvalue weighted by atomic mass is 32.2. The Bertz CT molecular complexity index is 1150. The van der Waals surface area contributed by atoms with Gasteiger partial charge in [-0.1, -0.05) is 12.1 Å². The van der Waals surface area contributed by atoms with Crippen molar-refractivity contribution in [1.82, 2.24) is 14.3 Å². The maximum Gasteiger partial charge on any atom is 0.309 e. The minimum atomic E-state index is -3.65. The zero-order chi connectivity index (χ0) is 21.8. The Morgan fingerprint density at radius 1 is 1.19 bits per heavy atom. The van der Waals surface area contributed by atoms with Gasteiger partial charge in [-0.3, -0.25) is 9.78 Å². The first-order valence-corrected chi connectivity index (χ1v) is 12.4. The van der Waals surface area contributed by atoms with E-state index in [9.17, 15) is 13.2 Å². The summed E-state index contributed by atoms with van der Waals surface area (Å²) in [7, 11) is -3.65. The Balaban J connectivity index is 1.52. The van der Waals surface area contributed by atoms with Crippen molar-refractivity contribution in [3.8, 4) is 21.8 Å². The summed E-state index contributed by atoms with van der Waals surface area (Å²) in [5.41, 5.74) is 2.39. The number of carbonyl (C=O) groups excluding carboxylic acids is 1. The molecule has 0 aliphatic carbocycles. The number of piperidine rings is 1. The summed E-state index contributed by atoms with van der Waals surface area (Å²) in [6.45, 7) is 2.71. The molecule has 0 bridgehead atoms. The molecule has 7 nitrogen and oxygen atoms in total. The van der Waals surface area contributed by atoms with Gasteiger partial charge in [0, 0.05) is 42.0 Å². The van der Waals surface area contributed by atoms with Crippen molar-refractivity contribution in [2.24, 2.45) is 5.92 Å². The summed E-state index contributed by atoms with van der Waals surface area (Å²) in [6.07, 6.45) is 4.40. The van der Waals surface area contributed by atoms with E-state index in [-0.39, 0.29) is 16.8 Å². The molecule has 2 aromatic heterocycles. The topological polar surface area (TPSA) is 89.5 Å². The number of benzene rings is 1. The number of nitrogens with zero attached hydrogens (tertiary/aromatic N) is 3. The predicted octanol–water partition coefficient (Wildman–Crippen LogP) is 3.84. The van der Waals surface area contributed by atoms with Gasteiger partial charge in [-0.25, -0.2) is 13.4 Å². The van der Waals surface area contributed by atoms with E-state index in [0.717, 1.165) is 21.8 Å². The fourth-order valence-corrected chi connectivity index (χ4v) is 5.92. The first-order valence-electron chi connectivity index (χ1n) is 10.1. The van der Waals surface area contributed by atoms with Crippen LogP contribution in [0.15, 0.2) is 59.1 Å². The molecule has 1 aliphatic rings. The molecular weight excluding hydrogens is 434 g/mol. The molecule has 31 heavy (non-hydrogen) atoms. The number of ether oxygens (including phenoxy) is 1. The third-order valence-electron chi connectivity index (χ3n) is 5.25. The molecule has 9 heteroatoms. The van der Waals surface area contributed by atoms with Crippen LogP contribution in [0, 0.1) is 5.92 Å². The van der Waals surface area contributed by atoms with E-state index in [4.69, 9.17) is 4.74 Å². The third kappa shape index (κ3) is 4.68. The lowest BCUT2D eigenvalue weighted by molar-refractivity contribution is -0.149. The van der Waals surface area contributed by atoms with Gasteiger partial charge in [0.05, 0.1) is 23.1 Å². The summed E-state index contributed by atoms with van der Waals surface area (Å²) in [4.78, 5) is 20.9. The molecule has 0 unspecified atom stereocenters. The highest BCUT2D eigenvalue weighted by molar-refractivity contribution is 7.89. The first kappa shape index (κ1) is 21.6. The lowest BCUT2D eigenvalue weighted by atomic mass is 9.98. The van der Waals surface area contributed by atoms with E-state index in [2.05, 4.69) is 9.97 Å². The van der Waals surface area contributed by atoms with Crippen LogP contribution in [0.1, 0.15) is 19.8 Å². The fraction of sp³-hybridized carbons (Fsp3) is 0.318. The largest absolute Gasteiger partial charge is 0.466 e. The first-order chi connectivity index (χ1) is 15.0. The number of esters is 1. The molecular formula is C22H23N3O4S2. The molecule has 0 saturated carbocycles. The second-order valence-corrected chi connectivity index (χ2v) is 10.0. The van der Waals surface area contributed by atoms with Crippen molar-refractivity contribution in [3.05, 3.63) is 54.2 Å². The van der Waals surface area contributed by atoms with E-state index < -0.39 is 10.0 Å². The van der Waals surface area contributed by atoms with Crippen molar-refractivity contribution in [1.29, 1.82) is 0 Å². The fourth-order valence-electron chi connectivity index (χ4n) is 3.59. The van der Waals surface area contributed by atoms with Gasteiger partial charge in [-0.2, -0.15) is 4.31 Å². The highest BCUT2D eigenvalue weighted by Gasteiger charge is 2.32. The van der Waals surface area contributed by atoms with E-state index in [1.165, 1.54) is 15.6 Å². The molecule has 0 N–H and O–H groups in total. The van der Waals surface area contributed by atoms with E-state index in [1.54, 1.807) is 37.5 Å². The lowest BCUT2D eigenvalue weighted by Crippen LogP contribution is -2.40. The normalized spacial score (nSPS) is 15.6. The number of hydrogen-bond acceptors (Lipinski definition) is 7. The number of sulfonamides is 1. The summed E-state index contributed by atoms with van der Waals surface area (Å²) < 4.78 is 32.9. The van der Waals surface area contributed by atoms with Crippen LogP contribution >= 0.6 is 11.3 Å². The van der Waals surface area contributed by atoms with Crippen LogP contribution in [0.2, 0.25) is 0 Å². The van der Waals surface area contributed by atoms with Gasteiger partial charge >= 0.3 is 5.97 Å². The molecule has 3 heterocycles. The van der Waals surface area contributed by atoms with E-state index in [0.29, 0.717) is 32.5 Å². The summed E-state index contributed by atoms with van der Waals surface area (Å²) >= 11 is 1.49. The van der Waals surface area contributed by atoms with Crippen LogP contribution in [0.25, 0.3) is 21.8 Å². The molecule has 0 spiro atoms. The molecule has 0 atom stereocenters. The number of pyridine rings is 1. The van der Waals surface area contributed by atoms with Gasteiger partial charge in [0.2, 0.25) is 10.0 Å². The smallest absolute Gasteiger partial charge is 0.309 e. The second kappa shape index (κ2) is 9.25. The quantitative estimate of drug-likeness (QED) is 0.523. The molecule has 4 rings (SSSR count). The Kier molecular flexibility index (Phi) is 6.45. The van der Waals surface area contributed by atoms with Gasteiger partial charge in [-0.15, -0.1) is 11.3 Å². The maximum absolute atomic E-state index is 13.2. The average molecular weight is 458 g/mol. The number of aromatic nitrogens is 2. The number of hydrogen-bond donors (Lipinski definition) is 0. The standard InChI is InChI=1S/C22H23N3O4S2/c1-2-29-22(26)16-8-11-25(12-9-16)31(27,28)19-7-3-5-17(13-19)20-15-30-21(24-20)18-6-4-10-23-14-18/h3-7,10,13-16H,2,8-9,11-12H2,1H3. The summed E-state index contributed by atoms with van der Waals surface area (Å²) in [6, 6.07) is 10.6. The van der Waals surface area contributed by atoms with Crippen LogP contribution in [-0.2, 0) is 19.6 Å². The van der Waals surface area contributed by atoms with Gasteiger partial charge in [0.15, 0.2) is 0 Å². The van der Waals surface area contributed by atoms with E-state index >= 15 is 0 Å². The van der Waals surface area contributed by atoms with Gasteiger partial charge < -0.3 is 4.74 Å². The van der Waals surface area contributed by atoms with Gasteiger partial charge in [-0.05, 0) is 44.0 Å². The third-order valence-corrected chi connectivity index (χ3v) is 8.04. The Hall–Kier alpha value is -2.62. The summed E-state index contributed by atoms with van der Waals surface area (Å²) in [5, 5.41) is 2.75. The molecule has 1 aliphatic heterocycles. The monoisotopic (exact) mass is 457 g/mol. The van der Waals surface area contributed by atoms with Crippen molar-refractivity contribution < 1.29 is 17.9 Å². The highest BCUT2D eigenvalue weighted by Crippen LogP contribution is 2.31. The molecule has 3 aromatic rings. The van der Waals surface area contributed by atoms with Crippen molar-refractivity contribution in [2.75, 3.05) is 19.7 Å². The molecule has 162 valence electrons. The van der Waals surface area contributed by atoms with Gasteiger partial charge in [0.25, 0.3) is 0 Å². The molecule has 1 aromatic carbocycles. The Labute approximate surface area is 185 Å². The van der Waals surface area contributed by atoms with Crippen LogP contribution in [0.5, 0.6) is 0 Å². The molecule has 0 radical (unpaired) electrons. The Morgan fingerprint density at radius 3 is 2.68 bits per heavy atom. The zero-order valence-electron chi connectivity index (χ0n) is 17.1. The van der Waals surface area contributed by atoms with Crippen LogP contribution < -0.4 is 0 Å². The predicted molar refractivity (Wildman–Crippen MR) is 119 cm³/mol. The van der Waals surface area contributed by atoms with E-state index in [1.807, 2.05) is 23.6 Å². The minimum absolute atomic E-state index is 0.232. The molecule has 1 saturated heterocycles. The molecule has 1 fully saturated rings. The SMILES string of the molecule is CCOC(=O)C1CCN(S(=O)(=O)c2cccc(-c3csc(-c4cccnc4)n3)c2)CC1. The number of carbonyl (C=O) groups is 1. The maximum atomic E-state index is 13.2. The minimum Gasteiger partial charge on any atom is -0.466 e. The van der Waals surface area contributed by atoms with Gasteiger partial charge in [0.1, 0.15) is 5.01 Å². The average Bonchev–Trinajstić information content (AvgIpc) is 3.30. The van der Waals surface area contributed by atoms with Crippen LogP contribution in [0.3, 0.4) is 0 Å². The lowest BCUT2D eigenvalue weighted by Gasteiger charge is -2.30. The van der Waals surface area contributed by atoms with Crippen LogP contribution in [0.4, 0.5) is 0 Å². The zero-order valence-corrected chi connectivity index (χ0v) is 18.7. The Morgan fingerprint density at radius 2 is 1.97 bits per heavy atom. The van der Waals surface area contributed by atoms with Crippen LogP contribution in [-0.4, -0.2) is 48.4 Å². The number of thiazole rings is 1. The second-order valence-electron chi connectivity index (χ2n) is 7.24. The van der Waals surface area contributed by atoms with Crippen molar-refractivity contribution in [3.63, 3.8) is 0 Å². The number of rotatable bonds is 6. The summed E-state index contributed by atoms with van der Waals surface area (Å²) in [5.74, 6) is -0.479. The van der Waals surface area contributed by atoms with Crippen molar-refractivity contribution >= 4 is 27.3 Å².